The van der Waals surface area contributed by atoms with Crippen LogP contribution < -0.4 is 10.2 Å². The van der Waals surface area contributed by atoms with Crippen molar-refractivity contribution in [3.8, 4) is 0 Å². The summed E-state index contributed by atoms with van der Waals surface area (Å²) in [5.74, 6) is 0.540. The molecule has 0 saturated carbocycles. The van der Waals surface area contributed by atoms with Gasteiger partial charge in [-0.2, -0.15) is 0 Å². The largest absolute Gasteiger partial charge is 0.332 e. The van der Waals surface area contributed by atoms with Gasteiger partial charge in [-0.15, -0.1) is 0 Å². The molecule has 0 spiro atoms. The Bertz CT molecular complexity index is 754. The third-order valence-electron chi connectivity index (χ3n) is 3.17. The zero-order chi connectivity index (χ0) is 16.1. The molecular formula is C18H14ClN3O. The fraction of sp³-hybridized carbons (Fsp3) is 0. The molecule has 0 bridgehead atoms. The van der Waals surface area contributed by atoms with E-state index < -0.39 is 0 Å². The number of halogens is 1. The number of pyridine rings is 1. The first-order valence-electron chi connectivity index (χ1n) is 7.07. The zero-order valence-corrected chi connectivity index (χ0v) is 12.9. The second kappa shape index (κ2) is 6.94. The van der Waals surface area contributed by atoms with Gasteiger partial charge in [-0.05, 0) is 42.5 Å². The summed E-state index contributed by atoms with van der Waals surface area (Å²) in [6, 6.07) is 21.5. The van der Waals surface area contributed by atoms with Crippen LogP contribution in [-0.2, 0) is 0 Å². The lowest BCUT2D eigenvalue weighted by atomic mass is 10.3. The summed E-state index contributed by atoms with van der Waals surface area (Å²) in [6.45, 7) is 0. The van der Waals surface area contributed by atoms with E-state index in [2.05, 4.69) is 10.3 Å². The maximum Gasteiger partial charge on any atom is 0.332 e. The minimum absolute atomic E-state index is 0.308. The molecule has 0 aliphatic carbocycles. The van der Waals surface area contributed by atoms with Crippen LogP contribution in [0.3, 0.4) is 0 Å². The monoisotopic (exact) mass is 323 g/mol. The number of hydrogen-bond donors (Lipinski definition) is 1. The lowest BCUT2D eigenvalue weighted by molar-refractivity contribution is 0.259. The summed E-state index contributed by atoms with van der Waals surface area (Å²) in [5, 5.41) is 3.40. The van der Waals surface area contributed by atoms with Gasteiger partial charge in [0, 0.05) is 16.9 Å². The molecule has 1 N–H and O–H groups in total. The van der Waals surface area contributed by atoms with Gasteiger partial charge in [-0.1, -0.05) is 41.9 Å². The third kappa shape index (κ3) is 3.67. The molecule has 5 heteroatoms. The highest BCUT2D eigenvalue weighted by Crippen LogP contribution is 2.24. The molecule has 3 rings (SSSR count). The molecule has 0 aliphatic rings. The summed E-state index contributed by atoms with van der Waals surface area (Å²) in [4.78, 5) is 18.5. The first-order chi connectivity index (χ1) is 11.2. The van der Waals surface area contributed by atoms with Crippen molar-refractivity contribution in [2.45, 2.75) is 0 Å². The van der Waals surface area contributed by atoms with Gasteiger partial charge < -0.3 is 5.32 Å². The van der Waals surface area contributed by atoms with E-state index in [0.29, 0.717) is 16.5 Å². The molecule has 0 fully saturated rings. The van der Waals surface area contributed by atoms with Gasteiger partial charge in [0.1, 0.15) is 5.82 Å². The van der Waals surface area contributed by atoms with Crippen molar-refractivity contribution in [1.82, 2.24) is 4.98 Å². The maximum absolute atomic E-state index is 12.8. The zero-order valence-electron chi connectivity index (χ0n) is 12.2. The normalized spacial score (nSPS) is 10.1. The SMILES string of the molecule is O=C(Nc1cccc(Cl)c1)N(c1ccccc1)c1ccccn1. The smallest absolute Gasteiger partial charge is 0.307 e. The Morgan fingerprint density at radius 1 is 0.957 bits per heavy atom. The second-order valence-corrected chi connectivity index (χ2v) is 5.24. The van der Waals surface area contributed by atoms with Crippen LogP contribution in [0.15, 0.2) is 79.0 Å². The molecular weight excluding hydrogens is 310 g/mol. The molecule has 1 heterocycles. The molecule has 1 aromatic heterocycles. The number of urea groups is 1. The Morgan fingerprint density at radius 3 is 2.43 bits per heavy atom. The van der Waals surface area contributed by atoms with Crippen LogP contribution in [-0.4, -0.2) is 11.0 Å². The van der Waals surface area contributed by atoms with E-state index in [1.54, 1.807) is 36.5 Å². The Labute approximate surface area is 139 Å². The van der Waals surface area contributed by atoms with Crippen LogP contribution in [0.2, 0.25) is 5.02 Å². The quantitative estimate of drug-likeness (QED) is 0.728. The fourth-order valence-corrected chi connectivity index (χ4v) is 2.35. The molecule has 2 aromatic carbocycles. The summed E-state index contributed by atoms with van der Waals surface area (Å²) in [5.41, 5.74) is 1.35. The Hall–Kier alpha value is -2.85. The number of carbonyl (C=O) groups excluding carboxylic acids is 1. The molecule has 0 unspecified atom stereocenters. The van der Waals surface area contributed by atoms with Crippen molar-refractivity contribution in [2.75, 3.05) is 10.2 Å². The van der Waals surface area contributed by atoms with Gasteiger partial charge in [0.15, 0.2) is 0 Å². The van der Waals surface area contributed by atoms with Gasteiger partial charge in [0.2, 0.25) is 0 Å². The standard InChI is InChI=1S/C18H14ClN3O/c19-14-7-6-8-15(13-14)21-18(23)22(16-9-2-1-3-10-16)17-11-4-5-12-20-17/h1-13H,(H,21,23). The second-order valence-electron chi connectivity index (χ2n) is 4.80. The van der Waals surface area contributed by atoms with Gasteiger partial charge >= 0.3 is 6.03 Å². The van der Waals surface area contributed by atoms with E-state index in [9.17, 15) is 4.79 Å². The number of benzene rings is 2. The number of aromatic nitrogens is 1. The molecule has 0 saturated heterocycles. The van der Waals surface area contributed by atoms with Gasteiger partial charge in [0.05, 0.1) is 5.69 Å². The summed E-state index contributed by atoms with van der Waals surface area (Å²) >= 11 is 5.96. The van der Waals surface area contributed by atoms with E-state index >= 15 is 0 Å². The van der Waals surface area contributed by atoms with Crippen molar-refractivity contribution in [3.63, 3.8) is 0 Å². The molecule has 0 radical (unpaired) electrons. The van der Waals surface area contributed by atoms with Crippen molar-refractivity contribution in [1.29, 1.82) is 0 Å². The van der Waals surface area contributed by atoms with Crippen LogP contribution in [0.4, 0.5) is 22.0 Å². The summed E-state index contributed by atoms with van der Waals surface area (Å²) in [6.07, 6.45) is 1.65. The number of rotatable bonds is 3. The lowest BCUT2D eigenvalue weighted by Gasteiger charge is -2.22. The number of anilines is 3. The molecule has 0 atom stereocenters. The van der Waals surface area contributed by atoms with E-state index in [1.807, 2.05) is 42.5 Å². The highest BCUT2D eigenvalue weighted by atomic mass is 35.5. The molecule has 3 aromatic rings. The Morgan fingerprint density at radius 2 is 1.74 bits per heavy atom. The van der Waals surface area contributed by atoms with Gasteiger partial charge in [-0.3, -0.25) is 0 Å². The third-order valence-corrected chi connectivity index (χ3v) is 3.41. The minimum Gasteiger partial charge on any atom is -0.307 e. The average molecular weight is 324 g/mol. The topological polar surface area (TPSA) is 45.2 Å². The predicted molar refractivity (Wildman–Crippen MR) is 93.3 cm³/mol. The van der Waals surface area contributed by atoms with Gasteiger partial charge in [0.25, 0.3) is 0 Å². The van der Waals surface area contributed by atoms with Crippen LogP contribution in [0.1, 0.15) is 0 Å². The van der Waals surface area contributed by atoms with E-state index in [1.165, 1.54) is 4.90 Å². The Balaban J connectivity index is 1.94. The number of carbonyl (C=O) groups is 1. The van der Waals surface area contributed by atoms with Crippen LogP contribution in [0.25, 0.3) is 0 Å². The first-order valence-corrected chi connectivity index (χ1v) is 7.44. The highest BCUT2D eigenvalue weighted by molar-refractivity contribution is 6.31. The maximum atomic E-state index is 12.8. The lowest BCUT2D eigenvalue weighted by Crippen LogP contribution is -2.31. The number of hydrogen-bond acceptors (Lipinski definition) is 2. The van der Waals surface area contributed by atoms with Crippen LogP contribution in [0, 0.1) is 0 Å². The predicted octanol–water partition coefficient (Wildman–Crippen LogP) is 5.11. The van der Waals surface area contributed by atoms with Crippen molar-refractivity contribution < 1.29 is 4.79 Å². The molecule has 4 nitrogen and oxygen atoms in total. The van der Waals surface area contributed by atoms with Crippen molar-refractivity contribution in [3.05, 3.63) is 84.0 Å². The van der Waals surface area contributed by atoms with Crippen molar-refractivity contribution in [2.24, 2.45) is 0 Å². The number of nitrogens with zero attached hydrogens (tertiary/aromatic N) is 2. The average Bonchev–Trinajstić information content (AvgIpc) is 2.57. The highest BCUT2D eigenvalue weighted by Gasteiger charge is 2.19. The van der Waals surface area contributed by atoms with Crippen molar-refractivity contribution >= 4 is 34.8 Å². The summed E-state index contributed by atoms with van der Waals surface area (Å²) in [7, 11) is 0. The van der Waals surface area contributed by atoms with E-state index in [4.69, 9.17) is 11.6 Å². The molecule has 2 amide bonds. The van der Waals surface area contributed by atoms with E-state index in [0.717, 1.165) is 5.69 Å². The van der Waals surface area contributed by atoms with Gasteiger partial charge in [-0.25, -0.2) is 14.7 Å². The van der Waals surface area contributed by atoms with Crippen LogP contribution in [0.5, 0.6) is 0 Å². The number of amides is 2. The molecule has 23 heavy (non-hydrogen) atoms. The molecule has 114 valence electrons. The number of para-hydroxylation sites is 1. The molecule has 0 aliphatic heterocycles. The van der Waals surface area contributed by atoms with Crippen LogP contribution >= 0.6 is 11.6 Å². The summed E-state index contributed by atoms with van der Waals surface area (Å²) < 4.78 is 0. The Kier molecular flexibility index (Phi) is 4.54. The number of nitrogens with one attached hydrogen (secondary N) is 1. The minimum atomic E-state index is -0.308. The van der Waals surface area contributed by atoms with E-state index in [-0.39, 0.29) is 6.03 Å². The fourth-order valence-electron chi connectivity index (χ4n) is 2.16. The first kappa shape index (κ1) is 15.1.